The number of hydrogen-bond donors (Lipinski definition) is 0. The molecule has 0 aliphatic carbocycles. The van der Waals surface area contributed by atoms with Gasteiger partial charge in [0.1, 0.15) is 0 Å². The lowest BCUT2D eigenvalue weighted by atomic mass is 9.89. The van der Waals surface area contributed by atoms with Crippen molar-refractivity contribution in [1.82, 2.24) is 0 Å². The van der Waals surface area contributed by atoms with E-state index in [0.717, 1.165) is 6.92 Å². The van der Waals surface area contributed by atoms with E-state index in [1.54, 1.807) is 0 Å². The Balaban J connectivity index is 5.76. The molecular formula is C15H13F15O2. The zero-order chi connectivity index (χ0) is 26.2. The number of carbonyl (C=O) groups excluding carboxylic acids is 1. The Kier molecular flexibility index (Phi) is 8.33. The summed E-state index contributed by atoms with van der Waals surface area (Å²) in [6, 6.07) is 0. The molecule has 0 aromatic rings. The second kappa shape index (κ2) is 8.83. The van der Waals surface area contributed by atoms with Crippen molar-refractivity contribution in [1.29, 1.82) is 0 Å². The molecule has 0 spiro atoms. The summed E-state index contributed by atoms with van der Waals surface area (Å²) in [7, 11) is 0. The highest BCUT2D eigenvalue weighted by Crippen LogP contribution is 2.62. The molecule has 0 aliphatic heterocycles. The fourth-order valence-electron chi connectivity index (χ4n) is 1.89. The lowest BCUT2D eigenvalue weighted by Gasteiger charge is -2.41. The minimum Gasteiger partial charge on any atom is -0.462 e. The third-order valence-corrected chi connectivity index (χ3v) is 3.86. The Morgan fingerprint density at radius 2 is 1.03 bits per heavy atom. The maximum Gasteiger partial charge on any atom is 0.460 e. The Labute approximate surface area is 169 Å². The Hall–Kier alpha value is -1.84. The van der Waals surface area contributed by atoms with Crippen molar-refractivity contribution in [2.24, 2.45) is 0 Å². The van der Waals surface area contributed by atoms with Crippen LogP contribution in [-0.4, -0.2) is 54.3 Å². The number of unbranched alkanes of at least 4 members (excludes halogenated alkanes) is 1. The summed E-state index contributed by atoms with van der Waals surface area (Å²) >= 11 is 0. The molecule has 0 aromatic carbocycles. The summed E-state index contributed by atoms with van der Waals surface area (Å²) < 4.78 is 199. The lowest BCUT2D eigenvalue weighted by molar-refractivity contribution is -0.452. The smallest absolute Gasteiger partial charge is 0.460 e. The van der Waals surface area contributed by atoms with E-state index >= 15 is 0 Å². The van der Waals surface area contributed by atoms with Gasteiger partial charge in [-0.1, -0.05) is 6.58 Å². The van der Waals surface area contributed by atoms with Crippen LogP contribution in [0.4, 0.5) is 65.9 Å². The third kappa shape index (κ3) is 4.89. The summed E-state index contributed by atoms with van der Waals surface area (Å²) in [6.45, 7) is 3.45. The first kappa shape index (κ1) is 30.2. The average Bonchev–Trinajstić information content (AvgIpc) is 2.59. The monoisotopic (exact) mass is 510 g/mol. The molecule has 2 nitrogen and oxygen atoms in total. The van der Waals surface area contributed by atoms with Crippen LogP contribution < -0.4 is 0 Å². The molecule has 0 rings (SSSR count). The van der Waals surface area contributed by atoms with E-state index in [4.69, 9.17) is 0 Å². The van der Waals surface area contributed by atoms with Gasteiger partial charge >= 0.3 is 47.7 Å². The van der Waals surface area contributed by atoms with Gasteiger partial charge in [-0.25, -0.2) is 4.79 Å². The highest BCUT2D eigenvalue weighted by molar-refractivity contribution is 5.86. The molecule has 0 amide bonds. The molecule has 0 saturated carbocycles. The van der Waals surface area contributed by atoms with Crippen molar-refractivity contribution >= 4 is 5.97 Å². The van der Waals surface area contributed by atoms with Crippen LogP contribution in [0.1, 0.15) is 26.2 Å². The maximum absolute atomic E-state index is 13.5. The Morgan fingerprint density at radius 3 is 1.41 bits per heavy atom. The molecule has 190 valence electrons. The lowest BCUT2D eigenvalue weighted by Crippen LogP contribution is -2.72. The topological polar surface area (TPSA) is 26.3 Å². The van der Waals surface area contributed by atoms with E-state index in [1.807, 2.05) is 0 Å². The van der Waals surface area contributed by atoms with Gasteiger partial charge in [0.2, 0.25) is 0 Å². The van der Waals surface area contributed by atoms with Gasteiger partial charge in [0.15, 0.2) is 0 Å². The van der Waals surface area contributed by atoms with E-state index in [-0.39, 0.29) is 5.57 Å². The first-order valence-electron chi connectivity index (χ1n) is 7.99. The molecule has 0 unspecified atom stereocenters. The highest BCUT2D eigenvalue weighted by Gasteiger charge is 2.93. The number of alkyl halides is 15. The van der Waals surface area contributed by atoms with Gasteiger partial charge in [0, 0.05) is 12.0 Å². The molecule has 0 atom stereocenters. The van der Waals surface area contributed by atoms with E-state index in [9.17, 15) is 70.7 Å². The molecule has 0 N–H and O–H groups in total. The van der Waals surface area contributed by atoms with Gasteiger partial charge in [-0.15, -0.1) is 0 Å². The molecule has 0 saturated heterocycles. The van der Waals surface area contributed by atoms with Crippen LogP contribution in [0.25, 0.3) is 0 Å². The summed E-state index contributed by atoms with van der Waals surface area (Å²) in [5.74, 6) is -47.5. The van der Waals surface area contributed by atoms with Crippen molar-refractivity contribution in [3.05, 3.63) is 12.2 Å². The standard InChI is InChI=1S/C15H13F15O2/c1-7(2)8(31)32-6-4-3-5-9(16,17)10(18,19)11(20,21)12(22,23)13(24,25)14(26,27)15(28,29)30/h1,3-6H2,2H3. The largest absolute Gasteiger partial charge is 0.462 e. The zero-order valence-electron chi connectivity index (χ0n) is 15.5. The predicted octanol–water partition coefficient (Wildman–Crippen LogP) is 6.65. The Morgan fingerprint density at radius 1 is 0.656 bits per heavy atom. The number of ether oxygens (including phenoxy) is 1. The fourth-order valence-corrected chi connectivity index (χ4v) is 1.89. The average molecular weight is 510 g/mol. The van der Waals surface area contributed by atoms with E-state index in [1.165, 1.54) is 0 Å². The van der Waals surface area contributed by atoms with Crippen molar-refractivity contribution in [3.63, 3.8) is 0 Å². The molecule has 0 aromatic heterocycles. The minimum atomic E-state index is -8.29. The van der Waals surface area contributed by atoms with Crippen molar-refractivity contribution < 1.29 is 75.4 Å². The van der Waals surface area contributed by atoms with Crippen LogP contribution in [0, 0.1) is 0 Å². The van der Waals surface area contributed by atoms with Crippen LogP contribution in [0.2, 0.25) is 0 Å². The summed E-state index contributed by atoms with van der Waals surface area (Å²) in [5, 5.41) is 0. The SMILES string of the molecule is C=C(C)C(=O)OCCCCC(F)(F)C(F)(F)C(F)(F)C(F)(F)C(F)(F)C(F)(F)C(F)(F)F. The molecular weight excluding hydrogens is 497 g/mol. The first-order chi connectivity index (χ1) is 13.8. The summed E-state index contributed by atoms with van der Waals surface area (Å²) in [6.07, 6.45) is -12.1. The normalized spacial score (nSPS) is 15.0. The predicted molar refractivity (Wildman–Crippen MR) is 75.4 cm³/mol. The molecule has 32 heavy (non-hydrogen) atoms. The van der Waals surface area contributed by atoms with Crippen LogP contribution in [-0.2, 0) is 9.53 Å². The molecule has 0 aliphatic rings. The van der Waals surface area contributed by atoms with E-state index in [2.05, 4.69) is 11.3 Å². The van der Waals surface area contributed by atoms with Gasteiger partial charge in [-0.3, -0.25) is 0 Å². The van der Waals surface area contributed by atoms with Crippen LogP contribution in [0.3, 0.4) is 0 Å². The van der Waals surface area contributed by atoms with E-state index in [0.29, 0.717) is 0 Å². The van der Waals surface area contributed by atoms with Crippen molar-refractivity contribution in [3.8, 4) is 0 Å². The number of carbonyl (C=O) groups is 1. The molecule has 0 radical (unpaired) electrons. The minimum absolute atomic E-state index is 0.194. The van der Waals surface area contributed by atoms with Gasteiger partial charge < -0.3 is 4.74 Å². The highest BCUT2D eigenvalue weighted by atomic mass is 19.4. The molecule has 17 heteroatoms. The fraction of sp³-hybridized carbons (Fsp3) is 0.800. The summed E-state index contributed by atoms with van der Waals surface area (Å²) in [4.78, 5) is 11.0. The number of esters is 1. The second-order valence-corrected chi connectivity index (χ2v) is 6.45. The van der Waals surface area contributed by atoms with Gasteiger partial charge in [-0.2, -0.15) is 65.9 Å². The van der Waals surface area contributed by atoms with Crippen LogP contribution >= 0.6 is 0 Å². The first-order valence-corrected chi connectivity index (χ1v) is 7.99. The molecule has 0 fully saturated rings. The number of halogens is 15. The van der Waals surface area contributed by atoms with Gasteiger partial charge in [-0.05, 0) is 19.8 Å². The van der Waals surface area contributed by atoms with Crippen molar-refractivity contribution in [2.75, 3.05) is 6.61 Å². The van der Waals surface area contributed by atoms with E-state index < -0.39 is 73.6 Å². The quantitative estimate of drug-likeness (QED) is 0.135. The van der Waals surface area contributed by atoms with Crippen LogP contribution in [0.15, 0.2) is 12.2 Å². The summed E-state index contributed by atoms with van der Waals surface area (Å²) in [5.41, 5.74) is -0.194. The maximum atomic E-state index is 13.5. The zero-order valence-corrected chi connectivity index (χ0v) is 15.5. The molecule has 0 bridgehead atoms. The third-order valence-electron chi connectivity index (χ3n) is 3.86. The Bertz CT molecular complexity index is 693. The number of rotatable bonds is 11. The van der Waals surface area contributed by atoms with Gasteiger partial charge in [0.25, 0.3) is 0 Å². The van der Waals surface area contributed by atoms with Crippen molar-refractivity contribution in [2.45, 2.75) is 67.9 Å². The second-order valence-electron chi connectivity index (χ2n) is 6.45. The molecule has 0 heterocycles. The number of hydrogen-bond acceptors (Lipinski definition) is 2. The van der Waals surface area contributed by atoms with Gasteiger partial charge in [0.05, 0.1) is 6.61 Å². The van der Waals surface area contributed by atoms with Crippen LogP contribution in [0.5, 0.6) is 0 Å².